The van der Waals surface area contributed by atoms with E-state index < -0.39 is 0 Å². The van der Waals surface area contributed by atoms with E-state index >= 15 is 0 Å². The molecule has 0 spiro atoms. The normalized spacial score (nSPS) is 15.8. The molecule has 2 nitrogen and oxygen atoms in total. The minimum Gasteiger partial charge on any atom is -0.327 e. The summed E-state index contributed by atoms with van der Waals surface area (Å²) >= 11 is 0. The van der Waals surface area contributed by atoms with Crippen molar-refractivity contribution in [2.24, 2.45) is 11.1 Å². The van der Waals surface area contributed by atoms with Crippen molar-refractivity contribution in [2.75, 3.05) is 7.05 Å². The smallest absolute Gasteiger partial charge is 0.127 e. The number of hydrogen-bond acceptors (Lipinski definition) is 2. The van der Waals surface area contributed by atoms with E-state index in [-0.39, 0.29) is 23.3 Å². The molecule has 102 valence electrons. The molecule has 2 N–H and O–H groups in total. The molecule has 18 heavy (non-hydrogen) atoms. The topological polar surface area (TPSA) is 29.3 Å². The van der Waals surface area contributed by atoms with Gasteiger partial charge in [-0.25, -0.2) is 4.39 Å². The van der Waals surface area contributed by atoms with E-state index in [0.29, 0.717) is 6.54 Å². The molecule has 3 heteroatoms. The Hall–Kier alpha value is -0.930. The molecule has 0 aliphatic rings. The summed E-state index contributed by atoms with van der Waals surface area (Å²) in [5, 5.41) is 0. The van der Waals surface area contributed by atoms with Gasteiger partial charge in [-0.15, -0.1) is 0 Å². The van der Waals surface area contributed by atoms with Crippen LogP contribution in [0.4, 0.5) is 4.39 Å². The summed E-state index contributed by atoms with van der Waals surface area (Å²) in [5.74, 6) is -0.151. The highest BCUT2D eigenvalue weighted by atomic mass is 19.1. The Morgan fingerprint density at radius 3 is 2.28 bits per heavy atom. The molecule has 0 saturated carbocycles. The highest BCUT2D eigenvalue weighted by molar-refractivity contribution is 5.17. The lowest BCUT2D eigenvalue weighted by Gasteiger charge is -2.40. The zero-order valence-corrected chi connectivity index (χ0v) is 12.1. The SMILES string of the molecule is CC(N)C(N(C)Cc1ccccc1F)C(C)(C)C. The maximum absolute atomic E-state index is 13.7. The monoisotopic (exact) mass is 252 g/mol. The van der Waals surface area contributed by atoms with Gasteiger partial charge in [-0.05, 0) is 25.5 Å². The van der Waals surface area contributed by atoms with E-state index in [1.165, 1.54) is 6.07 Å². The molecular formula is C15H25FN2. The molecule has 0 aliphatic carbocycles. The predicted octanol–water partition coefficient (Wildman–Crippen LogP) is 3.02. The van der Waals surface area contributed by atoms with Gasteiger partial charge in [0.2, 0.25) is 0 Å². The lowest BCUT2D eigenvalue weighted by atomic mass is 9.82. The highest BCUT2D eigenvalue weighted by Gasteiger charge is 2.31. The lowest BCUT2D eigenvalue weighted by Crippen LogP contribution is -2.51. The van der Waals surface area contributed by atoms with Gasteiger partial charge >= 0.3 is 0 Å². The predicted molar refractivity (Wildman–Crippen MR) is 74.8 cm³/mol. The van der Waals surface area contributed by atoms with E-state index in [4.69, 9.17) is 5.73 Å². The molecule has 1 aromatic rings. The van der Waals surface area contributed by atoms with Crippen molar-refractivity contribution >= 4 is 0 Å². The van der Waals surface area contributed by atoms with Gasteiger partial charge in [-0.3, -0.25) is 4.90 Å². The van der Waals surface area contributed by atoms with Gasteiger partial charge < -0.3 is 5.73 Å². The second-order valence-corrected chi connectivity index (χ2v) is 6.18. The van der Waals surface area contributed by atoms with Crippen LogP contribution in [0.25, 0.3) is 0 Å². The molecular weight excluding hydrogens is 227 g/mol. The van der Waals surface area contributed by atoms with Crippen LogP contribution in [0.2, 0.25) is 0 Å². The van der Waals surface area contributed by atoms with E-state index in [2.05, 4.69) is 25.7 Å². The first kappa shape index (κ1) is 15.1. The molecule has 0 amide bonds. The molecule has 0 radical (unpaired) electrons. The Labute approximate surface area is 110 Å². The summed E-state index contributed by atoms with van der Waals surface area (Å²) in [7, 11) is 2.01. The Morgan fingerprint density at radius 2 is 1.83 bits per heavy atom. The van der Waals surface area contributed by atoms with Crippen molar-refractivity contribution in [2.45, 2.75) is 46.3 Å². The van der Waals surface area contributed by atoms with Crippen molar-refractivity contribution in [3.63, 3.8) is 0 Å². The summed E-state index contributed by atoms with van der Waals surface area (Å²) < 4.78 is 13.7. The molecule has 1 aromatic carbocycles. The van der Waals surface area contributed by atoms with Crippen LogP contribution in [-0.4, -0.2) is 24.0 Å². The molecule has 0 bridgehead atoms. The maximum atomic E-state index is 13.7. The summed E-state index contributed by atoms with van der Waals surface area (Å²) in [6.45, 7) is 9.08. The quantitative estimate of drug-likeness (QED) is 0.892. The van der Waals surface area contributed by atoms with Crippen LogP contribution >= 0.6 is 0 Å². The van der Waals surface area contributed by atoms with Crippen molar-refractivity contribution in [3.8, 4) is 0 Å². The summed E-state index contributed by atoms with van der Waals surface area (Å²) in [6, 6.07) is 7.16. The fourth-order valence-electron chi connectivity index (χ4n) is 2.84. The Morgan fingerprint density at radius 1 is 1.28 bits per heavy atom. The largest absolute Gasteiger partial charge is 0.327 e. The Bertz CT molecular complexity index is 382. The van der Waals surface area contributed by atoms with E-state index in [1.807, 2.05) is 26.1 Å². The van der Waals surface area contributed by atoms with Crippen LogP contribution in [0.3, 0.4) is 0 Å². The number of rotatable bonds is 4. The van der Waals surface area contributed by atoms with Crippen molar-refractivity contribution in [1.82, 2.24) is 4.90 Å². The average molecular weight is 252 g/mol. The number of nitrogens with zero attached hydrogens (tertiary/aromatic N) is 1. The van der Waals surface area contributed by atoms with Gasteiger partial charge in [0.1, 0.15) is 5.82 Å². The second kappa shape index (κ2) is 5.81. The number of benzene rings is 1. The molecule has 0 fully saturated rings. The highest BCUT2D eigenvalue weighted by Crippen LogP contribution is 2.27. The van der Waals surface area contributed by atoms with Gasteiger partial charge in [-0.1, -0.05) is 39.0 Å². The zero-order chi connectivity index (χ0) is 13.9. The van der Waals surface area contributed by atoms with Crippen LogP contribution in [0.5, 0.6) is 0 Å². The van der Waals surface area contributed by atoms with Gasteiger partial charge in [0.25, 0.3) is 0 Å². The Balaban J connectivity index is 2.86. The number of hydrogen-bond donors (Lipinski definition) is 1. The summed E-state index contributed by atoms with van der Waals surface area (Å²) in [4.78, 5) is 2.14. The molecule has 0 heterocycles. The molecule has 0 saturated heterocycles. The number of likely N-dealkylation sites (N-methyl/N-ethyl adjacent to an activating group) is 1. The maximum Gasteiger partial charge on any atom is 0.127 e. The standard InChI is InChI=1S/C15H25FN2/c1-11(17)14(15(2,3)4)18(5)10-12-8-6-7-9-13(12)16/h6-9,11,14H,10,17H2,1-5H3. The Kier molecular flexibility index (Phi) is 4.88. The van der Waals surface area contributed by atoms with Crippen LogP contribution < -0.4 is 5.73 Å². The van der Waals surface area contributed by atoms with Crippen LogP contribution in [0.1, 0.15) is 33.3 Å². The van der Waals surface area contributed by atoms with Crippen LogP contribution in [-0.2, 0) is 6.54 Å². The van der Waals surface area contributed by atoms with Crippen molar-refractivity contribution < 1.29 is 4.39 Å². The molecule has 2 unspecified atom stereocenters. The average Bonchev–Trinajstić information content (AvgIpc) is 2.18. The van der Waals surface area contributed by atoms with Crippen LogP contribution in [0.15, 0.2) is 24.3 Å². The van der Waals surface area contributed by atoms with Crippen LogP contribution in [0, 0.1) is 11.2 Å². The van der Waals surface area contributed by atoms with Crippen molar-refractivity contribution in [1.29, 1.82) is 0 Å². The van der Waals surface area contributed by atoms with Gasteiger partial charge in [0.05, 0.1) is 0 Å². The van der Waals surface area contributed by atoms with E-state index in [1.54, 1.807) is 6.07 Å². The second-order valence-electron chi connectivity index (χ2n) is 6.18. The zero-order valence-electron chi connectivity index (χ0n) is 12.1. The lowest BCUT2D eigenvalue weighted by molar-refractivity contribution is 0.0993. The van der Waals surface area contributed by atoms with Gasteiger partial charge in [-0.2, -0.15) is 0 Å². The fourth-order valence-corrected chi connectivity index (χ4v) is 2.84. The fraction of sp³-hybridized carbons (Fsp3) is 0.600. The van der Waals surface area contributed by atoms with Gasteiger partial charge in [0.15, 0.2) is 0 Å². The first-order valence-electron chi connectivity index (χ1n) is 6.42. The third-order valence-corrected chi connectivity index (χ3v) is 3.24. The summed E-state index contributed by atoms with van der Waals surface area (Å²) in [5.41, 5.74) is 6.86. The van der Waals surface area contributed by atoms with Crippen molar-refractivity contribution in [3.05, 3.63) is 35.6 Å². The third kappa shape index (κ3) is 3.79. The molecule has 0 aromatic heterocycles. The third-order valence-electron chi connectivity index (χ3n) is 3.24. The molecule has 2 atom stereocenters. The minimum atomic E-state index is -0.151. The first-order chi connectivity index (χ1) is 8.23. The van der Waals surface area contributed by atoms with Gasteiger partial charge in [0, 0.05) is 24.2 Å². The number of nitrogens with two attached hydrogens (primary N) is 1. The van der Waals surface area contributed by atoms with E-state index in [9.17, 15) is 4.39 Å². The number of halogens is 1. The first-order valence-corrected chi connectivity index (χ1v) is 6.42. The minimum absolute atomic E-state index is 0.0433. The molecule has 1 rings (SSSR count). The summed E-state index contributed by atoms with van der Waals surface area (Å²) in [6.07, 6.45) is 0. The molecule has 0 aliphatic heterocycles. The van der Waals surface area contributed by atoms with E-state index in [0.717, 1.165) is 5.56 Å².